The van der Waals surface area contributed by atoms with Gasteiger partial charge in [-0.25, -0.2) is 8.78 Å². The van der Waals surface area contributed by atoms with E-state index in [0.29, 0.717) is 5.69 Å². The summed E-state index contributed by atoms with van der Waals surface area (Å²) in [4.78, 5) is 3.95. The normalized spacial score (nSPS) is 10.4. The lowest BCUT2D eigenvalue weighted by Crippen LogP contribution is -1.98. The number of halogens is 2. The van der Waals surface area contributed by atoms with Crippen LogP contribution >= 0.6 is 0 Å². The van der Waals surface area contributed by atoms with Crippen LogP contribution in [-0.2, 0) is 0 Å². The Labute approximate surface area is 91.7 Å². The highest BCUT2D eigenvalue weighted by Gasteiger charge is 2.14. The van der Waals surface area contributed by atoms with E-state index in [0.717, 1.165) is 0 Å². The number of hydrogen-bond acceptors (Lipinski definition) is 2. The van der Waals surface area contributed by atoms with Gasteiger partial charge in [0.25, 0.3) is 0 Å². The van der Waals surface area contributed by atoms with E-state index in [1.54, 1.807) is 12.1 Å². The molecule has 0 aliphatic heterocycles. The fraction of sp³-hybridized carbons (Fsp3) is 0.0833. The van der Waals surface area contributed by atoms with E-state index in [4.69, 9.17) is 5.73 Å². The predicted molar refractivity (Wildman–Crippen MR) is 58.7 cm³/mol. The van der Waals surface area contributed by atoms with Crippen LogP contribution < -0.4 is 5.73 Å². The van der Waals surface area contributed by atoms with Crippen molar-refractivity contribution in [3.05, 3.63) is 47.7 Å². The van der Waals surface area contributed by atoms with E-state index in [1.807, 2.05) is 0 Å². The molecule has 1 heterocycles. The SMILES string of the molecule is Cc1ccc(-c2ncccc2N)c(F)c1F. The largest absolute Gasteiger partial charge is 0.397 e. The molecule has 2 nitrogen and oxygen atoms in total. The van der Waals surface area contributed by atoms with Crippen LogP contribution in [-0.4, -0.2) is 4.98 Å². The molecule has 16 heavy (non-hydrogen) atoms. The van der Waals surface area contributed by atoms with Crippen molar-refractivity contribution in [3.63, 3.8) is 0 Å². The van der Waals surface area contributed by atoms with E-state index in [1.165, 1.54) is 25.3 Å². The molecule has 0 radical (unpaired) electrons. The zero-order valence-corrected chi connectivity index (χ0v) is 8.67. The van der Waals surface area contributed by atoms with Gasteiger partial charge >= 0.3 is 0 Å². The summed E-state index contributed by atoms with van der Waals surface area (Å²) in [6.07, 6.45) is 1.49. The number of aromatic nitrogens is 1. The van der Waals surface area contributed by atoms with E-state index < -0.39 is 11.6 Å². The molecule has 0 aliphatic carbocycles. The molecule has 0 spiro atoms. The second-order valence-electron chi connectivity index (χ2n) is 3.50. The average Bonchev–Trinajstić information content (AvgIpc) is 2.28. The molecule has 1 aromatic heterocycles. The number of aryl methyl sites for hydroxylation is 1. The molecular formula is C12H10F2N2. The minimum absolute atomic E-state index is 0.0844. The monoisotopic (exact) mass is 220 g/mol. The first-order valence-electron chi connectivity index (χ1n) is 4.76. The fourth-order valence-corrected chi connectivity index (χ4v) is 1.47. The van der Waals surface area contributed by atoms with E-state index in [-0.39, 0.29) is 16.8 Å². The fourth-order valence-electron chi connectivity index (χ4n) is 1.47. The molecule has 0 unspecified atom stereocenters. The van der Waals surface area contributed by atoms with Gasteiger partial charge in [-0.1, -0.05) is 6.07 Å². The van der Waals surface area contributed by atoms with Crippen LogP contribution in [0.3, 0.4) is 0 Å². The number of anilines is 1. The highest BCUT2D eigenvalue weighted by molar-refractivity contribution is 5.72. The third kappa shape index (κ3) is 1.62. The van der Waals surface area contributed by atoms with E-state index in [9.17, 15) is 8.78 Å². The third-order valence-corrected chi connectivity index (χ3v) is 2.37. The van der Waals surface area contributed by atoms with Crippen molar-refractivity contribution in [2.75, 3.05) is 5.73 Å². The van der Waals surface area contributed by atoms with Gasteiger partial charge in [-0.2, -0.15) is 0 Å². The van der Waals surface area contributed by atoms with Gasteiger partial charge in [0.1, 0.15) is 0 Å². The molecule has 0 saturated heterocycles. The molecule has 4 heteroatoms. The second kappa shape index (κ2) is 3.89. The predicted octanol–water partition coefficient (Wildman–Crippen LogP) is 2.92. The number of rotatable bonds is 1. The maximum Gasteiger partial charge on any atom is 0.168 e. The summed E-state index contributed by atoms with van der Waals surface area (Å²) in [7, 11) is 0. The van der Waals surface area contributed by atoms with Crippen molar-refractivity contribution < 1.29 is 8.78 Å². The highest BCUT2D eigenvalue weighted by Crippen LogP contribution is 2.28. The van der Waals surface area contributed by atoms with Gasteiger partial charge in [-0.3, -0.25) is 4.98 Å². The Hall–Kier alpha value is -1.97. The number of benzene rings is 1. The van der Waals surface area contributed by atoms with Gasteiger partial charge in [-0.05, 0) is 30.7 Å². The number of nitrogens with zero attached hydrogens (tertiary/aromatic N) is 1. The molecule has 2 N–H and O–H groups in total. The van der Waals surface area contributed by atoms with Gasteiger partial charge in [-0.15, -0.1) is 0 Å². The average molecular weight is 220 g/mol. The summed E-state index contributed by atoms with van der Waals surface area (Å²) in [5.41, 5.74) is 6.59. The maximum atomic E-state index is 13.7. The molecule has 1 aromatic carbocycles. The summed E-state index contributed by atoms with van der Waals surface area (Å²) in [5, 5.41) is 0. The minimum Gasteiger partial charge on any atom is -0.397 e. The Morgan fingerprint density at radius 2 is 1.88 bits per heavy atom. The summed E-state index contributed by atoms with van der Waals surface area (Å²) in [5.74, 6) is -1.77. The summed E-state index contributed by atoms with van der Waals surface area (Å²) in [6, 6.07) is 6.22. The Balaban J connectivity index is 2.66. The van der Waals surface area contributed by atoms with Crippen LogP contribution in [0.2, 0.25) is 0 Å². The quantitative estimate of drug-likeness (QED) is 0.802. The zero-order valence-electron chi connectivity index (χ0n) is 8.67. The molecule has 82 valence electrons. The molecule has 0 fully saturated rings. The van der Waals surface area contributed by atoms with Gasteiger partial charge in [0.2, 0.25) is 0 Å². The summed E-state index contributed by atoms with van der Waals surface area (Å²) >= 11 is 0. The first kappa shape index (κ1) is 10.5. The van der Waals surface area contributed by atoms with Gasteiger partial charge in [0, 0.05) is 11.8 Å². The Morgan fingerprint density at radius 1 is 1.12 bits per heavy atom. The topological polar surface area (TPSA) is 38.9 Å². The van der Waals surface area contributed by atoms with Gasteiger partial charge in [0.15, 0.2) is 11.6 Å². The Morgan fingerprint density at radius 3 is 2.56 bits per heavy atom. The van der Waals surface area contributed by atoms with E-state index in [2.05, 4.69) is 4.98 Å². The van der Waals surface area contributed by atoms with E-state index >= 15 is 0 Å². The lowest BCUT2D eigenvalue weighted by Gasteiger charge is -2.07. The Bertz CT molecular complexity index is 539. The van der Waals surface area contributed by atoms with Crippen molar-refractivity contribution >= 4 is 5.69 Å². The van der Waals surface area contributed by atoms with Crippen LogP contribution in [0.15, 0.2) is 30.5 Å². The van der Waals surface area contributed by atoms with Crippen molar-refractivity contribution in [1.82, 2.24) is 4.98 Å². The number of nitrogen functional groups attached to an aromatic ring is 1. The number of nitrogens with two attached hydrogens (primary N) is 1. The zero-order chi connectivity index (χ0) is 11.7. The van der Waals surface area contributed by atoms with Crippen LogP contribution in [0, 0.1) is 18.6 Å². The summed E-state index contributed by atoms with van der Waals surface area (Å²) in [6.45, 7) is 1.50. The lowest BCUT2D eigenvalue weighted by atomic mass is 10.1. The smallest absolute Gasteiger partial charge is 0.168 e. The van der Waals surface area contributed by atoms with Crippen LogP contribution in [0.4, 0.5) is 14.5 Å². The maximum absolute atomic E-state index is 13.7. The number of hydrogen-bond donors (Lipinski definition) is 1. The molecule has 0 bridgehead atoms. The molecular weight excluding hydrogens is 210 g/mol. The lowest BCUT2D eigenvalue weighted by molar-refractivity contribution is 0.505. The first-order valence-corrected chi connectivity index (χ1v) is 4.76. The van der Waals surface area contributed by atoms with Gasteiger partial charge in [0.05, 0.1) is 11.4 Å². The van der Waals surface area contributed by atoms with Gasteiger partial charge < -0.3 is 5.73 Å². The molecule has 0 amide bonds. The minimum atomic E-state index is -0.912. The number of pyridine rings is 1. The standard InChI is InChI=1S/C12H10F2N2/c1-7-4-5-8(11(14)10(7)13)12-9(15)3-2-6-16-12/h2-6H,15H2,1H3. The van der Waals surface area contributed by atoms with Crippen LogP contribution in [0.25, 0.3) is 11.3 Å². The highest BCUT2D eigenvalue weighted by atomic mass is 19.2. The molecule has 2 aromatic rings. The third-order valence-electron chi connectivity index (χ3n) is 2.37. The molecule has 0 atom stereocenters. The molecule has 0 saturated carbocycles. The first-order chi connectivity index (χ1) is 7.61. The summed E-state index contributed by atoms with van der Waals surface area (Å²) < 4.78 is 27.0. The van der Waals surface area contributed by atoms with Crippen LogP contribution in [0.1, 0.15) is 5.56 Å². The van der Waals surface area contributed by atoms with Crippen molar-refractivity contribution in [3.8, 4) is 11.3 Å². The molecule has 0 aliphatic rings. The second-order valence-corrected chi connectivity index (χ2v) is 3.50. The van der Waals surface area contributed by atoms with Crippen molar-refractivity contribution in [2.24, 2.45) is 0 Å². The van der Waals surface area contributed by atoms with Crippen molar-refractivity contribution in [1.29, 1.82) is 0 Å². The Kier molecular flexibility index (Phi) is 2.56. The molecule has 2 rings (SSSR count). The van der Waals surface area contributed by atoms with Crippen LogP contribution in [0.5, 0.6) is 0 Å². The van der Waals surface area contributed by atoms with Crippen molar-refractivity contribution in [2.45, 2.75) is 6.92 Å².